The predicted molar refractivity (Wildman–Crippen MR) is 240 cm³/mol. The summed E-state index contributed by atoms with van der Waals surface area (Å²) in [4.78, 5) is 126. The summed E-state index contributed by atoms with van der Waals surface area (Å²) in [5.41, 5.74) is 0.320. The van der Waals surface area contributed by atoms with E-state index in [1.165, 1.54) is 24.3 Å². The Morgan fingerprint density at radius 2 is 0.958 bits per heavy atom. The van der Waals surface area contributed by atoms with Crippen LogP contribution in [0.15, 0.2) is 48.5 Å². The molecule has 2 amide bonds. The summed E-state index contributed by atoms with van der Waals surface area (Å²) in [6, 6.07) is 5.59. The fraction of sp³-hybridized carbons (Fsp3) is 0.543. The lowest BCUT2D eigenvalue weighted by Crippen LogP contribution is -2.52. The Kier molecular flexibility index (Phi) is 29.1. The van der Waals surface area contributed by atoms with Crippen molar-refractivity contribution in [3.05, 3.63) is 71.3 Å². The van der Waals surface area contributed by atoms with Gasteiger partial charge in [-0.05, 0) is 79.6 Å². The van der Waals surface area contributed by atoms with Gasteiger partial charge in [-0.25, -0.2) is 8.78 Å². The maximum Gasteiger partial charge on any atom is 0.328 e. The van der Waals surface area contributed by atoms with Crippen molar-refractivity contribution in [2.45, 2.75) is 99.1 Å². The third-order valence-corrected chi connectivity index (χ3v) is 13.9. The molecule has 0 fully saturated rings. The molecule has 0 aliphatic carbocycles. The van der Waals surface area contributed by atoms with Crippen molar-refractivity contribution in [1.29, 1.82) is 0 Å². The van der Waals surface area contributed by atoms with E-state index in [-0.39, 0.29) is 43.7 Å². The van der Waals surface area contributed by atoms with Gasteiger partial charge in [-0.1, -0.05) is 54.9 Å². The number of Topliss-reactive ketones (excluding diaryl/α,β-unsaturated/α-hetero) is 2. The van der Waals surface area contributed by atoms with Crippen molar-refractivity contribution in [1.82, 2.24) is 10.6 Å². The van der Waals surface area contributed by atoms with Crippen molar-refractivity contribution in [3.8, 4) is 0 Å². The average molecular weight is 1060 g/mol. The van der Waals surface area contributed by atoms with Crippen LogP contribution in [0.3, 0.4) is 0 Å². The molecule has 26 heteroatoms. The Morgan fingerprint density at radius 3 is 1.28 bits per heavy atom. The molecule has 0 saturated heterocycles. The molecule has 4 N–H and O–H groups in total. The van der Waals surface area contributed by atoms with Crippen LogP contribution in [0.5, 0.6) is 0 Å². The monoisotopic (exact) mass is 1060 g/mol. The van der Waals surface area contributed by atoms with Crippen LogP contribution in [-0.2, 0) is 51.7 Å². The first-order valence-electron chi connectivity index (χ1n) is 22.1. The normalized spacial score (nSPS) is 15.6. The molecule has 72 heavy (non-hydrogen) atoms. The lowest BCUT2D eigenvalue weighted by atomic mass is 9.85. The summed E-state index contributed by atoms with van der Waals surface area (Å²) in [6.45, 7) is 6.31. The number of rotatable bonds is 32. The molecule has 0 aliphatic heterocycles. The van der Waals surface area contributed by atoms with Crippen molar-refractivity contribution in [2.75, 3.05) is 25.5 Å². The van der Waals surface area contributed by atoms with Crippen LogP contribution >= 0.6 is 15.2 Å². The van der Waals surface area contributed by atoms with Crippen molar-refractivity contribution >= 4 is 68.4 Å². The average Bonchev–Trinajstić information content (AvgIpc) is 3.28. The van der Waals surface area contributed by atoms with Gasteiger partial charge >= 0.3 is 15.2 Å². The highest BCUT2D eigenvalue weighted by atomic mass is 31.2. The minimum Gasteiger partial charge on any atom is -0.550 e. The molecule has 404 valence electrons. The van der Waals surface area contributed by atoms with E-state index in [0.717, 1.165) is 24.3 Å². The standard InChI is InChI=1S/C23H33FNO9P.C22H29FNO11P.CH4/c1-4-6-16(22(28)29)13-35(32,33)34-12-19(23(30)31)25-21(27)18(14(3)5-2)11-20(26)15-7-9-17(24)10-8-15;1-12(2)16(9-18(25)13-3-6-15(23)7-4-13)20(28)24-17(22(31)32)10-35-36(33,34)11-14(21(29)30)5-8-19(26)27;/h7-10,14,16,18-19H,4-6,11-13H2,1-3H3,(H,25,27)(H,28,29)(H,30,31)(H,32,33);3-4,6-7,12,14,16-17H,5,8-11H2,1-2H3,(H,24,28)(H,26,27)(H,29,30)(H,31,32)(H,33,34);1H4/p-5/t14?,16?,18?,19-;14?,16?,17-;/m00./s1/i;23-1;. The largest absolute Gasteiger partial charge is 0.550 e. The number of carboxylic acid groups (broad SMARTS) is 5. The van der Waals surface area contributed by atoms with Crippen LogP contribution in [0.25, 0.3) is 0 Å². The Bertz CT molecular complexity index is 2260. The van der Waals surface area contributed by atoms with Gasteiger partial charge in [0.05, 0.1) is 49.6 Å². The van der Waals surface area contributed by atoms with Gasteiger partial charge in [-0.2, -0.15) is 0 Å². The summed E-state index contributed by atoms with van der Waals surface area (Å²) in [7, 11) is -9.30. The van der Waals surface area contributed by atoms with Gasteiger partial charge in [0.2, 0.25) is 11.8 Å². The molecule has 0 heterocycles. The van der Waals surface area contributed by atoms with E-state index in [1.54, 1.807) is 34.6 Å². The first kappa shape index (κ1) is 66.2. The molecular weight excluding hydrogens is 999 g/mol. The molecule has 0 aliphatic rings. The fourth-order valence-electron chi connectivity index (χ4n) is 6.52. The minimum absolute atomic E-state index is 0. The van der Waals surface area contributed by atoms with Crippen LogP contribution in [0.1, 0.15) is 108 Å². The highest BCUT2D eigenvalue weighted by molar-refractivity contribution is 7.53. The van der Waals surface area contributed by atoms with Crippen molar-refractivity contribution in [2.24, 2.45) is 35.5 Å². The number of amides is 2. The quantitative estimate of drug-likeness (QED) is 0.0520. The summed E-state index contributed by atoms with van der Waals surface area (Å²) in [5, 5.41) is 60.0. The number of carboxylic acids is 5. The summed E-state index contributed by atoms with van der Waals surface area (Å²) in [5.74, 6) is -18.1. The van der Waals surface area contributed by atoms with Crippen LogP contribution in [0.2, 0.25) is 0 Å². The number of halogens is 2. The number of carbonyl (C=O) groups excluding carboxylic acids is 9. The Hall–Kier alpha value is -5.77. The lowest BCUT2D eigenvalue weighted by Gasteiger charge is -2.27. The maximum atomic E-state index is 13.1. The Labute approximate surface area is 415 Å². The van der Waals surface area contributed by atoms with Crippen LogP contribution in [-0.4, -0.2) is 101 Å². The van der Waals surface area contributed by atoms with Crippen LogP contribution in [0.4, 0.5) is 8.78 Å². The Balaban J connectivity index is 0.00000138. The molecule has 0 bridgehead atoms. The molecule has 0 spiro atoms. The van der Waals surface area contributed by atoms with Gasteiger partial charge < -0.3 is 79.0 Å². The van der Waals surface area contributed by atoms with Gasteiger partial charge in [0.25, 0.3) is 0 Å². The van der Waals surface area contributed by atoms with E-state index in [0.29, 0.717) is 12.8 Å². The lowest BCUT2D eigenvalue weighted by molar-refractivity contribution is -0.313. The Morgan fingerprint density at radius 1 is 0.597 bits per heavy atom. The highest BCUT2D eigenvalue weighted by Gasteiger charge is 2.33. The molecule has 0 aromatic heterocycles. The van der Waals surface area contributed by atoms with Crippen molar-refractivity contribution < 1.29 is 105 Å². The smallest absolute Gasteiger partial charge is 0.328 e. The van der Waals surface area contributed by atoms with E-state index in [4.69, 9.17) is 4.52 Å². The van der Waals surface area contributed by atoms with Gasteiger partial charge in [0.15, 0.2) is 11.6 Å². The molecular formula is C46H61F2N2O20P2-5. The van der Waals surface area contributed by atoms with Gasteiger partial charge in [0.1, 0.15) is 11.6 Å². The number of aliphatic carboxylic acids is 5. The minimum atomic E-state index is -4.77. The second-order valence-corrected chi connectivity index (χ2v) is 20.6. The van der Waals surface area contributed by atoms with Crippen LogP contribution < -0.4 is 36.2 Å². The number of hydrogen-bond donors (Lipinski definition) is 4. The molecule has 22 nitrogen and oxygen atoms in total. The van der Waals surface area contributed by atoms with E-state index in [9.17, 15) is 96.4 Å². The molecule has 9 atom stereocenters. The van der Waals surface area contributed by atoms with Crippen LogP contribution in [0, 0.1) is 47.1 Å². The zero-order valence-corrected chi connectivity index (χ0v) is 41.2. The first-order valence-corrected chi connectivity index (χ1v) is 25.6. The first-order chi connectivity index (χ1) is 32.9. The van der Waals surface area contributed by atoms with Gasteiger partial charge in [-0.3, -0.25) is 28.3 Å². The maximum absolute atomic E-state index is 13.1. The SMILES string of the molecule is C.CC(C)C(CC(=O)c1ccc([18F])cc1)C(=O)N[C@@H](COP(=O)(O)CC(CCC(=O)[O-])C(=O)[O-])C(=O)[O-].CCCC(CP(=O)(O)OC[C@H](NC(=O)C(CC(=O)c1ccc(F)cc1)C(C)CC)C(=O)[O-])C(=O)[O-]. The zero-order valence-electron chi connectivity index (χ0n) is 39.4. The van der Waals surface area contributed by atoms with Gasteiger partial charge in [0, 0.05) is 65.5 Å². The topological polar surface area (TPSA) is 386 Å². The molecule has 0 saturated carbocycles. The molecule has 7 unspecified atom stereocenters. The predicted octanol–water partition coefficient (Wildman–Crippen LogP) is -0.697. The second kappa shape index (κ2) is 31.6. The number of carbonyl (C=O) groups is 9. The molecule has 0 radical (unpaired) electrons. The van der Waals surface area contributed by atoms with E-state index >= 15 is 0 Å². The summed E-state index contributed by atoms with van der Waals surface area (Å²) < 4.78 is 60.2. The number of hydrogen-bond acceptors (Lipinski definition) is 18. The van der Waals surface area contributed by atoms with E-state index in [2.05, 4.69) is 15.2 Å². The number of ketones is 2. The fourth-order valence-corrected chi connectivity index (χ4v) is 9.27. The molecule has 2 aromatic carbocycles. The third kappa shape index (κ3) is 24.6. The molecule has 2 aromatic rings. The highest BCUT2D eigenvalue weighted by Crippen LogP contribution is 2.45. The third-order valence-electron chi connectivity index (χ3n) is 10.9. The number of benzene rings is 2. The summed E-state index contributed by atoms with van der Waals surface area (Å²) in [6.07, 6.45) is -2.85. The van der Waals surface area contributed by atoms with E-state index < -0.39 is 160 Å². The number of nitrogens with one attached hydrogen (secondary N) is 2. The van der Waals surface area contributed by atoms with E-state index in [1.807, 2.05) is 0 Å². The van der Waals surface area contributed by atoms with Crippen molar-refractivity contribution in [3.63, 3.8) is 0 Å². The molecule has 2 rings (SSSR count). The second-order valence-electron chi connectivity index (χ2n) is 16.8. The van der Waals surface area contributed by atoms with Gasteiger partial charge in [-0.15, -0.1) is 0 Å². The summed E-state index contributed by atoms with van der Waals surface area (Å²) >= 11 is 0. The zero-order chi connectivity index (χ0) is 54.4.